The second kappa shape index (κ2) is 8.00. The minimum Gasteiger partial charge on any atom is -0.476 e. The maximum absolute atomic E-state index is 13.5. The summed E-state index contributed by atoms with van der Waals surface area (Å²) in [4.78, 5) is 38.6. The lowest BCUT2D eigenvalue weighted by Crippen LogP contribution is -2.68. The van der Waals surface area contributed by atoms with Crippen LogP contribution in [-0.2, 0) is 10.8 Å². The van der Waals surface area contributed by atoms with Crippen molar-refractivity contribution in [3.63, 3.8) is 0 Å². The number of hydrogen-bond donors (Lipinski definition) is 2. The first-order valence-electron chi connectivity index (χ1n) is 11.7. The lowest BCUT2D eigenvalue weighted by molar-refractivity contribution is -0.0798. The molecule has 0 amide bonds. The second-order valence-electron chi connectivity index (χ2n) is 10.1. The quantitative estimate of drug-likeness (QED) is 0.335. The van der Waals surface area contributed by atoms with Crippen molar-refractivity contribution in [1.29, 1.82) is 0 Å². The van der Waals surface area contributed by atoms with Gasteiger partial charge in [0.25, 0.3) is 5.56 Å². The van der Waals surface area contributed by atoms with Gasteiger partial charge in [0.2, 0.25) is 5.89 Å². The highest BCUT2D eigenvalue weighted by Gasteiger charge is 2.72. The number of halogens is 2. The van der Waals surface area contributed by atoms with Crippen molar-refractivity contribution in [2.45, 2.75) is 56.9 Å². The molecule has 4 aromatic rings. The first-order valence-corrected chi connectivity index (χ1v) is 12.5. The number of rotatable bonds is 6. The number of pyridine rings is 2. The number of aryl methyl sites for hydroxylation is 1. The maximum atomic E-state index is 13.5. The van der Waals surface area contributed by atoms with Crippen LogP contribution in [0.5, 0.6) is 0 Å². The average molecular weight is 541 g/mol. The molecule has 0 spiro atoms. The van der Waals surface area contributed by atoms with E-state index in [-0.39, 0.29) is 32.9 Å². The Morgan fingerprint density at radius 3 is 2.54 bits per heavy atom. The molecular formula is C25H22Cl2N6O4. The number of carbonyl (C=O) groups is 1. The summed E-state index contributed by atoms with van der Waals surface area (Å²) in [7, 11) is 0. The van der Waals surface area contributed by atoms with Crippen LogP contribution in [0.2, 0.25) is 10.2 Å². The summed E-state index contributed by atoms with van der Waals surface area (Å²) in [5.41, 5.74) is 2.02. The monoisotopic (exact) mass is 540 g/mol. The number of hydrogen-bond acceptors (Lipinski definition) is 8. The zero-order chi connectivity index (χ0) is 26.3. The fourth-order valence-corrected chi connectivity index (χ4v) is 6.33. The Hall–Kier alpha value is -3.50. The Bertz CT molecular complexity index is 1660. The van der Waals surface area contributed by atoms with Gasteiger partial charge >= 0.3 is 5.97 Å². The van der Waals surface area contributed by atoms with E-state index in [1.54, 1.807) is 32.2 Å². The third-order valence-corrected chi connectivity index (χ3v) is 8.00. The summed E-state index contributed by atoms with van der Waals surface area (Å²) in [6, 6.07) is 4.33. The van der Waals surface area contributed by atoms with Crippen LogP contribution in [-0.4, -0.2) is 35.6 Å². The molecule has 0 unspecified atom stereocenters. The van der Waals surface area contributed by atoms with Crippen LogP contribution in [0.25, 0.3) is 5.65 Å². The number of carboxylic acid groups (broad SMARTS) is 1. The van der Waals surface area contributed by atoms with Crippen molar-refractivity contribution >= 4 is 40.5 Å². The Morgan fingerprint density at radius 1 is 1.16 bits per heavy atom. The normalized spacial score (nSPS) is 22.8. The Kier molecular flexibility index (Phi) is 5.16. The smallest absolute Gasteiger partial charge is 0.356 e. The minimum atomic E-state index is -1.21. The third kappa shape index (κ3) is 3.53. The van der Waals surface area contributed by atoms with Crippen LogP contribution in [0.1, 0.15) is 71.3 Å². The number of carboxylic acids is 1. The van der Waals surface area contributed by atoms with Gasteiger partial charge in [-0.1, -0.05) is 28.4 Å². The number of anilines is 1. The molecule has 190 valence electrons. The fraction of sp³-hybridized carbons (Fsp3) is 0.360. The molecule has 10 nitrogen and oxygen atoms in total. The Labute approximate surface area is 220 Å². The van der Waals surface area contributed by atoms with E-state index < -0.39 is 12.0 Å². The van der Waals surface area contributed by atoms with Crippen LogP contribution in [0.3, 0.4) is 0 Å². The SMILES string of the molecule is Cc1nc(C23CC(c4nc5c([C@@H](C)Nc6ccc(Cl)nc6C(=O)O)cc(Cl)cn5c(=O)c4C)(C2)C3)no1. The van der Waals surface area contributed by atoms with Crippen molar-refractivity contribution in [3.8, 4) is 0 Å². The molecule has 4 aromatic heterocycles. The zero-order valence-electron chi connectivity index (χ0n) is 20.2. The largest absolute Gasteiger partial charge is 0.476 e. The fourth-order valence-electron chi connectivity index (χ4n) is 5.97. The molecule has 0 saturated heterocycles. The zero-order valence-corrected chi connectivity index (χ0v) is 21.7. The van der Waals surface area contributed by atoms with Crippen molar-refractivity contribution in [2.75, 3.05) is 5.32 Å². The molecule has 3 aliphatic rings. The second-order valence-corrected chi connectivity index (χ2v) is 11.0. The van der Waals surface area contributed by atoms with E-state index in [4.69, 9.17) is 32.7 Å². The third-order valence-electron chi connectivity index (χ3n) is 7.58. The highest BCUT2D eigenvalue weighted by molar-refractivity contribution is 6.30. The average Bonchev–Trinajstić information content (AvgIpc) is 3.22. The summed E-state index contributed by atoms with van der Waals surface area (Å²) >= 11 is 12.3. The van der Waals surface area contributed by atoms with Crippen LogP contribution >= 0.6 is 23.2 Å². The predicted molar refractivity (Wildman–Crippen MR) is 136 cm³/mol. The van der Waals surface area contributed by atoms with Gasteiger partial charge in [0.05, 0.1) is 22.4 Å². The van der Waals surface area contributed by atoms with Gasteiger partial charge in [-0.25, -0.2) is 14.8 Å². The number of aromatic carboxylic acids is 1. The molecule has 2 bridgehead atoms. The summed E-state index contributed by atoms with van der Waals surface area (Å²) < 4.78 is 6.64. The standard InChI is InChI=1S/C25H22Cl2N6O4/c1-11-19(24-8-25(9-24,10-24)23-29-13(3)37-32-23)31-20-15(6-14(26)7-33(20)21(11)34)12(2)28-16-4-5-17(27)30-18(16)22(35)36/h4-7,12,28H,8-10H2,1-3H3,(H,35,36)/t12-,24?,25?/m1/s1. The van der Waals surface area contributed by atoms with E-state index in [0.717, 1.165) is 30.8 Å². The summed E-state index contributed by atoms with van der Waals surface area (Å²) in [5.74, 6) is 0.0462. The topological polar surface area (TPSA) is 136 Å². The number of nitrogens with zero attached hydrogens (tertiary/aromatic N) is 5. The van der Waals surface area contributed by atoms with E-state index in [1.165, 1.54) is 10.5 Å². The van der Waals surface area contributed by atoms with Crippen molar-refractivity contribution < 1.29 is 14.4 Å². The maximum Gasteiger partial charge on any atom is 0.356 e. The number of nitrogens with one attached hydrogen (secondary N) is 1. The van der Waals surface area contributed by atoms with Gasteiger partial charge < -0.3 is 14.9 Å². The van der Waals surface area contributed by atoms with Crippen molar-refractivity contribution in [1.82, 2.24) is 24.5 Å². The predicted octanol–water partition coefficient (Wildman–Crippen LogP) is 4.64. The highest BCUT2D eigenvalue weighted by Crippen LogP contribution is 2.73. The van der Waals surface area contributed by atoms with Crippen molar-refractivity contribution in [3.05, 3.63) is 79.2 Å². The summed E-state index contributed by atoms with van der Waals surface area (Å²) in [5, 5.41) is 17.3. The van der Waals surface area contributed by atoms with Gasteiger partial charge in [-0.15, -0.1) is 0 Å². The van der Waals surface area contributed by atoms with E-state index in [1.807, 2.05) is 6.92 Å². The van der Waals surface area contributed by atoms with Crippen molar-refractivity contribution in [2.24, 2.45) is 0 Å². The van der Waals surface area contributed by atoms with Crippen LogP contribution in [0.15, 0.2) is 33.7 Å². The number of aromatic nitrogens is 5. The molecule has 1 atom stereocenters. The molecule has 0 aromatic carbocycles. The summed E-state index contributed by atoms with van der Waals surface area (Å²) in [6.07, 6.45) is 3.96. The molecule has 0 radical (unpaired) electrons. The highest BCUT2D eigenvalue weighted by atomic mass is 35.5. The first-order chi connectivity index (χ1) is 17.5. The minimum absolute atomic E-state index is 0.0736. The van der Waals surface area contributed by atoms with Gasteiger partial charge in [-0.05, 0) is 51.3 Å². The molecular weight excluding hydrogens is 519 g/mol. The van der Waals surface area contributed by atoms with Gasteiger partial charge in [-0.2, -0.15) is 4.98 Å². The number of fused-ring (bicyclic) bond motifs is 1. The van der Waals surface area contributed by atoms with E-state index >= 15 is 0 Å². The molecule has 4 heterocycles. The molecule has 37 heavy (non-hydrogen) atoms. The van der Waals surface area contributed by atoms with Gasteiger partial charge in [0.15, 0.2) is 11.5 Å². The van der Waals surface area contributed by atoms with Crippen LogP contribution in [0, 0.1) is 13.8 Å². The molecule has 0 aliphatic heterocycles. The van der Waals surface area contributed by atoms with Crippen LogP contribution < -0.4 is 10.9 Å². The van der Waals surface area contributed by atoms with Gasteiger partial charge in [0.1, 0.15) is 10.8 Å². The van der Waals surface area contributed by atoms with Gasteiger partial charge in [-0.3, -0.25) is 9.20 Å². The van der Waals surface area contributed by atoms with E-state index in [2.05, 4.69) is 20.4 Å². The van der Waals surface area contributed by atoms with E-state index in [0.29, 0.717) is 27.7 Å². The molecule has 3 aliphatic carbocycles. The van der Waals surface area contributed by atoms with Crippen LogP contribution in [0.4, 0.5) is 5.69 Å². The molecule has 3 saturated carbocycles. The Balaban J connectivity index is 1.40. The lowest BCUT2D eigenvalue weighted by atomic mass is 9.33. The Morgan fingerprint density at radius 2 is 1.89 bits per heavy atom. The first kappa shape index (κ1) is 23.9. The lowest BCUT2D eigenvalue weighted by Gasteiger charge is -2.69. The molecule has 2 N–H and O–H groups in total. The molecule has 7 rings (SSSR count). The van der Waals surface area contributed by atoms with E-state index in [9.17, 15) is 14.7 Å². The molecule has 12 heteroatoms. The van der Waals surface area contributed by atoms with Gasteiger partial charge in [0, 0.05) is 35.1 Å². The summed E-state index contributed by atoms with van der Waals surface area (Å²) in [6.45, 7) is 5.41. The molecule has 3 fully saturated rings.